The second-order valence-electron chi connectivity index (χ2n) is 7.84. The highest BCUT2D eigenvalue weighted by atomic mass is 16.3. The smallest absolute Gasteiger partial charge is 0.0661 e. The Bertz CT molecular complexity index is 496. The van der Waals surface area contributed by atoms with Crippen molar-refractivity contribution >= 4 is 0 Å². The van der Waals surface area contributed by atoms with Gasteiger partial charge in [0, 0.05) is 0 Å². The van der Waals surface area contributed by atoms with Gasteiger partial charge in [0.25, 0.3) is 0 Å². The molecule has 1 N–H and O–H groups in total. The zero-order chi connectivity index (χ0) is 13.3. The number of hydrogen-bond acceptors (Lipinski definition) is 1. The van der Waals surface area contributed by atoms with E-state index in [1.165, 1.54) is 36.0 Å². The Morgan fingerprint density at radius 3 is 2.05 bits per heavy atom. The molecule has 0 amide bonds. The predicted molar refractivity (Wildman–Crippen MR) is 77.2 cm³/mol. The normalized spacial score (nSPS) is 43.7. The molecule has 0 aliphatic heterocycles. The molecule has 4 bridgehead atoms. The molecular formula is C18H24O. The molecule has 4 fully saturated rings. The lowest BCUT2D eigenvalue weighted by Crippen LogP contribution is -2.57. The minimum Gasteiger partial charge on any atom is -0.390 e. The number of benzene rings is 1. The van der Waals surface area contributed by atoms with E-state index in [0.717, 1.165) is 31.1 Å². The fraction of sp³-hybridized carbons (Fsp3) is 0.667. The van der Waals surface area contributed by atoms with Crippen LogP contribution in [0.5, 0.6) is 0 Å². The van der Waals surface area contributed by atoms with Crippen LogP contribution >= 0.6 is 0 Å². The molecule has 1 nitrogen and oxygen atoms in total. The molecule has 19 heavy (non-hydrogen) atoms. The third-order valence-electron chi connectivity index (χ3n) is 5.86. The summed E-state index contributed by atoms with van der Waals surface area (Å²) in [5.74, 6) is 1.54. The highest BCUT2D eigenvalue weighted by Crippen LogP contribution is 2.62. The minimum atomic E-state index is -0.346. The molecule has 4 atom stereocenters. The molecule has 102 valence electrons. The lowest BCUT2D eigenvalue weighted by atomic mass is 9.46. The fourth-order valence-electron chi connectivity index (χ4n) is 5.83. The highest BCUT2D eigenvalue weighted by Gasteiger charge is 2.57. The van der Waals surface area contributed by atoms with Crippen molar-refractivity contribution in [2.75, 3.05) is 0 Å². The van der Waals surface area contributed by atoms with Crippen LogP contribution in [0, 0.1) is 25.7 Å². The summed E-state index contributed by atoms with van der Waals surface area (Å²) < 4.78 is 0. The van der Waals surface area contributed by atoms with Crippen LogP contribution in [0.1, 0.15) is 55.2 Å². The third-order valence-corrected chi connectivity index (χ3v) is 5.86. The van der Waals surface area contributed by atoms with Crippen LogP contribution in [0.25, 0.3) is 0 Å². The summed E-state index contributed by atoms with van der Waals surface area (Å²) in [5, 5.41) is 10.9. The second-order valence-corrected chi connectivity index (χ2v) is 7.84. The summed E-state index contributed by atoms with van der Waals surface area (Å²) in [4.78, 5) is 0. The highest BCUT2D eigenvalue weighted by molar-refractivity contribution is 5.37. The van der Waals surface area contributed by atoms with Gasteiger partial charge in [-0.1, -0.05) is 29.3 Å². The van der Waals surface area contributed by atoms with Gasteiger partial charge in [0.2, 0.25) is 0 Å². The summed E-state index contributed by atoms with van der Waals surface area (Å²) in [5.41, 5.74) is 4.20. The van der Waals surface area contributed by atoms with E-state index >= 15 is 0 Å². The first kappa shape index (κ1) is 12.0. The molecule has 5 rings (SSSR count). The molecule has 4 aliphatic rings. The van der Waals surface area contributed by atoms with Crippen LogP contribution in [0.15, 0.2) is 18.2 Å². The monoisotopic (exact) mass is 256 g/mol. The van der Waals surface area contributed by atoms with Crippen molar-refractivity contribution in [3.8, 4) is 0 Å². The van der Waals surface area contributed by atoms with Crippen molar-refractivity contribution in [2.24, 2.45) is 11.8 Å². The van der Waals surface area contributed by atoms with Gasteiger partial charge in [-0.2, -0.15) is 0 Å². The summed E-state index contributed by atoms with van der Waals surface area (Å²) in [6, 6.07) is 7.02. The van der Waals surface area contributed by atoms with Crippen LogP contribution < -0.4 is 0 Å². The quantitative estimate of drug-likeness (QED) is 0.808. The van der Waals surface area contributed by atoms with Gasteiger partial charge >= 0.3 is 0 Å². The van der Waals surface area contributed by atoms with Crippen molar-refractivity contribution in [1.29, 1.82) is 0 Å². The van der Waals surface area contributed by atoms with Crippen LogP contribution in [0.4, 0.5) is 0 Å². The first-order valence-electron chi connectivity index (χ1n) is 7.78. The molecule has 0 radical (unpaired) electrons. The van der Waals surface area contributed by atoms with Crippen molar-refractivity contribution in [1.82, 2.24) is 0 Å². The van der Waals surface area contributed by atoms with E-state index in [9.17, 15) is 5.11 Å². The summed E-state index contributed by atoms with van der Waals surface area (Å²) in [6.07, 6.45) is 7.14. The molecule has 0 aromatic heterocycles. The average molecular weight is 256 g/mol. The topological polar surface area (TPSA) is 20.2 Å². The molecule has 0 spiro atoms. The molecule has 4 saturated carbocycles. The Labute approximate surface area is 116 Å². The zero-order valence-corrected chi connectivity index (χ0v) is 12.1. The van der Waals surface area contributed by atoms with E-state index in [2.05, 4.69) is 32.0 Å². The lowest BCUT2D eigenvalue weighted by molar-refractivity contribution is -0.137. The van der Waals surface area contributed by atoms with Gasteiger partial charge in [0.1, 0.15) is 0 Å². The minimum absolute atomic E-state index is 0.287. The fourth-order valence-corrected chi connectivity index (χ4v) is 5.83. The maximum absolute atomic E-state index is 10.9. The molecule has 4 aliphatic carbocycles. The number of rotatable bonds is 1. The van der Waals surface area contributed by atoms with Crippen LogP contribution in [0.3, 0.4) is 0 Å². The number of hydrogen-bond donors (Lipinski definition) is 1. The third kappa shape index (κ3) is 1.78. The van der Waals surface area contributed by atoms with Crippen LogP contribution in [-0.2, 0) is 5.41 Å². The van der Waals surface area contributed by atoms with Gasteiger partial charge < -0.3 is 5.11 Å². The van der Waals surface area contributed by atoms with E-state index in [1.807, 2.05) is 0 Å². The average Bonchev–Trinajstić information content (AvgIpc) is 2.23. The van der Waals surface area contributed by atoms with E-state index in [1.54, 1.807) is 0 Å². The van der Waals surface area contributed by atoms with Gasteiger partial charge in [-0.3, -0.25) is 0 Å². The van der Waals surface area contributed by atoms with Crippen molar-refractivity contribution in [2.45, 2.75) is 63.4 Å². The number of aliphatic hydroxyl groups is 1. The Morgan fingerprint density at radius 1 is 0.947 bits per heavy atom. The zero-order valence-electron chi connectivity index (χ0n) is 12.1. The van der Waals surface area contributed by atoms with Crippen LogP contribution in [-0.4, -0.2) is 10.7 Å². The molecular weight excluding hydrogens is 232 g/mol. The summed E-state index contributed by atoms with van der Waals surface area (Å²) >= 11 is 0. The second kappa shape index (κ2) is 3.63. The van der Waals surface area contributed by atoms with Crippen molar-refractivity contribution in [3.63, 3.8) is 0 Å². The molecule has 1 aromatic carbocycles. The summed E-state index contributed by atoms with van der Waals surface area (Å²) in [6.45, 7) is 4.40. The molecule has 2 unspecified atom stereocenters. The predicted octanol–water partition coefficient (Wildman–Crippen LogP) is 3.89. The molecule has 1 heteroatoms. The molecule has 0 heterocycles. The van der Waals surface area contributed by atoms with Gasteiger partial charge in [-0.15, -0.1) is 0 Å². The van der Waals surface area contributed by atoms with Crippen molar-refractivity contribution < 1.29 is 5.11 Å². The van der Waals surface area contributed by atoms with E-state index in [0.29, 0.717) is 0 Å². The Balaban J connectivity index is 1.81. The van der Waals surface area contributed by atoms with E-state index in [4.69, 9.17) is 0 Å². The Kier molecular flexibility index (Phi) is 2.29. The van der Waals surface area contributed by atoms with E-state index < -0.39 is 0 Å². The molecule has 0 saturated heterocycles. The largest absolute Gasteiger partial charge is 0.390 e. The maximum atomic E-state index is 10.9. The summed E-state index contributed by atoms with van der Waals surface area (Å²) in [7, 11) is 0. The van der Waals surface area contributed by atoms with Gasteiger partial charge in [-0.25, -0.2) is 0 Å². The Morgan fingerprint density at radius 2 is 1.53 bits per heavy atom. The first-order chi connectivity index (χ1) is 8.96. The van der Waals surface area contributed by atoms with E-state index in [-0.39, 0.29) is 11.0 Å². The maximum Gasteiger partial charge on any atom is 0.0661 e. The lowest BCUT2D eigenvalue weighted by Gasteiger charge is -2.60. The van der Waals surface area contributed by atoms with Gasteiger partial charge in [-0.05, 0) is 75.2 Å². The van der Waals surface area contributed by atoms with Crippen molar-refractivity contribution in [3.05, 3.63) is 34.9 Å². The standard InChI is InChI=1S/C18H24O/c1-12-3-13(2)5-16(4-12)17-7-14-6-15(8-17)10-18(19,9-14)11-17/h3-5,14-15,19H,6-11H2,1-2H3/t14-,15+,17?,18?. The Hall–Kier alpha value is -0.820. The first-order valence-corrected chi connectivity index (χ1v) is 7.78. The number of aryl methyl sites for hydroxylation is 2. The molecule has 1 aromatic rings. The van der Waals surface area contributed by atoms with Gasteiger partial charge in [0.05, 0.1) is 5.60 Å². The SMILES string of the molecule is Cc1cc(C)cc(C23C[C@@H]4C[C@@H](CC(O)(C4)C2)C3)c1. The van der Waals surface area contributed by atoms with Gasteiger partial charge in [0.15, 0.2) is 0 Å². The van der Waals surface area contributed by atoms with Crippen LogP contribution in [0.2, 0.25) is 0 Å².